The summed E-state index contributed by atoms with van der Waals surface area (Å²) in [6, 6.07) is 3.14. The van der Waals surface area contributed by atoms with E-state index in [0.717, 1.165) is 6.07 Å². The number of hydrogen-bond donors (Lipinski definition) is 3. The number of nitrogens with one attached hydrogen (secondary N) is 2. The smallest absolute Gasteiger partial charge is 0.258 e. The highest BCUT2D eigenvalue weighted by molar-refractivity contribution is 9.10. The third kappa shape index (κ3) is 2.91. The van der Waals surface area contributed by atoms with E-state index in [2.05, 4.69) is 31.7 Å². The van der Waals surface area contributed by atoms with Crippen molar-refractivity contribution in [3.8, 4) is 0 Å². The van der Waals surface area contributed by atoms with Crippen molar-refractivity contribution in [2.24, 2.45) is 5.84 Å². The first-order valence-electron chi connectivity index (χ1n) is 5.39. The molecule has 0 spiro atoms. The number of pyridine rings is 1. The van der Waals surface area contributed by atoms with E-state index in [0.29, 0.717) is 6.07 Å². The molecule has 104 valence electrons. The summed E-state index contributed by atoms with van der Waals surface area (Å²) in [6.45, 7) is 0. The minimum absolute atomic E-state index is 0.0969. The van der Waals surface area contributed by atoms with Crippen molar-refractivity contribution in [3.05, 3.63) is 52.3 Å². The van der Waals surface area contributed by atoms with Crippen LogP contribution in [0.3, 0.4) is 0 Å². The van der Waals surface area contributed by atoms with Crippen LogP contribution in [-0.4, -0.2) is 10.9 Å². The van der Waals surface area contributed by atoms with Gasteiger partial charge < -0.3 is 10.7 Å². The minimum atomic E-state index is -0.887. The lowest BCUT2D eigenvalue weighted by atomic mass is 10.2. The standard InChI is InChI=1S/C12H9BrF2N4O/c13-8-3-6(14)4-9(15)11(8)18-12(20)7-1-2-17-5-10(7)19-16/h1-5,19H,16H2,(H,18,20). The number of hydrazine groups is 1. The maximum atomic E-state index is 13.6. The summed E-state index contributed by atoms with van der Waals surface area (Å²) in [5, 5.41) is 2.35. The van der Waals surface area contributed by atoms with E-state index < -0.39 is 17.5 Å². The molecule has 1 aromatic carbocycles. The highest BCUT2D eigenvalue weighted by atomic mass is 79.9. The second kappa shape index (κ2) is 5.93. The minimum Gasteiger partial charge on any atom is -0.322 e. The normalized spacial score (nSPS) is 10.2. The zero-order valence-electron chi connectivity index (χ0n) is 9.95. The number of amides is 1. The quantitative estimate of drug-likeness (QED) is 0.591. The van der Waals surface area contributed by atoms with Gasteiger partial charge in [0.15, 0.2) is 5.82 Å². The van der Waals surface area contributed by atoms with E-state index in [1.807, 2.05) is 0 Å². The molecular formula is C12H9BrF2N4O. The number of carbonyl (C=O) groups is 1. The van der Waals surface area contributed by atoms with Crippen LogP contribution in [0.1, 0.15) is 10.4 Å². The van der Waals surface area contributed by atoms with Gasteiger partial charge in [0.1, 0.15) is 5.82 Å². The Kier molecular flexibility index (Phi) is 4.26. The number of aromatic nitrogens is 1. The Bertz CT molecular complexity index is 643. The third-order valence-corrected chi connectivity index (χ3v) is 3.09. The van der Waals surface area contributed by atoms with Crippen LogP contribution in [0, 0.1) is 11.6 Å². The molecule has 0 aliphatic heterocycles. The van der Waals surface area contributed by atoms with Gasteiger partial charge in [-0.2, -0.15) is 0 Å². The van der Waals surface area contributed by atoms with Crippen LogP contribution in [0.15, 0.2) is 35.1 Å². The van der Waals surface area contributed by atoms with Crippen molar-refractivity contribution in [2.45, 2.75) is 0 Å². The molecule has 5 nitrogen and oxygen atoms in total. The van der Waals surface area contributed by atoms with Crippen molar-refractivity contribution in [2.75, 3.05) is 10.7 Å². The molecule has 0 fully saturated rings. The van der Waals surface area contributed by atoms with Crippen molar-refractivity contribution >= 4 is 33.2 Å². The Hall–Kier alpha value is -2.06. The molecule has 20 heavy (non-hydrogen) atoms. The number of nitrogens with zero attached hydrogens (tertiary/aromatic N) is 1. The highest BCUT2D eigenvalue weighted by Crippen LogP contribution is 2.27. The van der Waals surface area contributed by atoms with Crippen molar-refractivity contribution in [1.29, 1.82) is 0 Å². The predicted molar refractivity (Wildman–Crippen MR) is 74.1 cm³/mol. The van der Waals surface area contributed by atoms with Crippen LogP contribution >= 0.6 is 15.9 Å². The molecular weight excluding hydrogens is 334 g/mol. The van der Waals surface area contributed by atoms with Crippen molar-refractivity contribution < 1.29 is 13.6 Å². The van der Waals surface area contributed by atoms with Crippen LogP contribution in [-0.2, 0) is 0 Å². The first-order chi connectivity index (χ1) is 9.52. The second-order valence-corrected chi connectivity index (χ2v) is 4.62. The SMILES string of the molecule is NNc1cnccc1C(=O)Nc1c(F)cc(F)cc1Br. The topological polar surface area (TPSA) is 80.0 Å². The summed E-state index contributed by atoms with van der Waals surface area (Å²) in [5.74, 6) is 3.02. The Morgan fingerprint density at radius 1 is 1.35 bits per heavy atom. The molecule has 1 heterocycles. The van der Waals surface area contributed by atoms with E-state index >= 15 is 0 Å². The van der Waals surface area contributed by atoms with Crippen LogP contribution < -0.4 is 16.6 Å². The van der Waals surface area contributed by atoms with E-state index in [1.165, 1.54) is 18.5 Å². The van der Waals surface area contributed by atoms with Gasteiger partial charge in [0.05, 0.1) is 23.1 Å². The van der Waals surface area contributed by atoms with Crippen LogP contribution in [0.25, 0.3) is 0 Å². The zero-order valence-corrected chi connectivity index (χ0v) is 11.5. The molecule has 1 amide bonds. The van der Waals surface area contributed by atoms with Gasteiger partial charge >= 0.3 is 0 Å². The van der Waals surface area contributed by atoms with E-state index in [4.69, 9.17) is 5.84 Å². The molecule has 4 N–H and O–H groups in total. The Balaban J connectivity index is 2.33. The fourth-order valence-electron chi connectivity index (χ4n) is 1.55. The van der Waals surface area contributed by atoms with Gasteiger partial charge in [-0.3, -0.25) is 15.6 Å². The van der Waals surface area contributed by atoms with Crippen LogP contribution in [0.2, 0.25) is 0 Å². The first kappa shape index (κ1) is 14.4. The fourth-order valence-corrected chi connectivity index (χ4v) is 2.06. The Morgan fingerprint density at radius 3 is 2.75 bits per heavy atom. The molecule has 0 saturated carbocycles. The average Bonchev–Trinajstić information content (AvgIpc) is 2.42. The van der Waals surface area contributed by atoms with E-state index in [9.17, 15) is 13.6 Å². The summed E-state index contributed by atoms with van der Waals surface area (Å²) >= 11 is 2.99. The number of anilines is 2. The first-order valence-corrected chi connectivity index (χ1v) is 6.18. The largest absolute Gasteiger partial charge is 0.322 e. The molecule has 2 aromatic rings. The number of benzene rings is 1. The molecule has 0 saturated heterocycles. The lowest BCUT2D eigenvalue weighted by Gasteiger charge is -2.11. The summed E-state index contributed by atoms with van der Waals surface area (Å²) < 4.78 is 26.7. The average molecular weight is 343 g/mol. The number of halogens is 3. The van der Waals surface area contributed by atoms with Gasteiger partial charge in [-0.05, 0) is 28.1 Å². The van der Waals surface area contributed by atoms with E-state index in [1.54, 1.807) is 0 Å². The van der Waals surface area contributed by atoms with Crippen LogP contribution in [0.4, 0.5) is 20.2 Å². The maximum Gasteiger partial charge on any atom is 0.258 e. The number of carbonyl (C=O) groups excluding carboxylic acids is 1. The molecule has 0 bridgehead atoms. The number of rotatable bonds is 3. The van der Waals surface area contributed by atoms with Crippen molar-refractivity contribution in [3.63, 3.8) is 0 Å². The number of hydrogen-bond acceptors (Lipinski definition) is 4. The molecule has 0 aliphatic carbocycles. The van der Waals surface area contributed by atoms with Gasteiger partial charge in [-0.25, -0.2) is 8.78 Å². The van der Waals surface area contributed by atoms with Gasteiger partial charge in [0.2, 0.25) is 0 Å². The highest BCUT2D eigenvalue weighted by Gasteiger charge is 2.16. The monoisotopic (exact) mass is 342 g/mol. The summed E-state index contributed by atoms with van der Waals surface area (Å²) in [4.78, 5) is 15.9. The predicted octanol–water partition coefficient (Wildman–Crippen LogP) is 2.66. The zero-order chi connectivity index (χ0) is 14.7. The summed E-state index contributed by atoms with van der Waals surface area (Å²) in [6.07, 6.45) is 2.75. The summed E-state index contributed by atoms with van der Waals surface area (Å²) in [7, 11) is 0. The molecule has 0 atom stereocenters. The molecule has 2 rings (SSSR count). The fraction of sp³-hybridized carbons (Fsp3) is 0. The lowest BCUT2D eigenvalue weighted by molar-refractivity contribution is 0.102. The van der Waals surface area contributed by atoms with Crippen LogP contribution in [0.5, 0.6) is 0 Å². The Labute approximate surface area is 121 Å². The molecule has 8 heteroatoms. The molecule has 1 aromatic heterocycles. The molecule has 0 aliphatic rings. The van der Waals surface area contributed by atoms with Crippen molar-refractivity contribution in [1.82, 2.24) is 4.98 Å². The number of nitrogens with two attached hydrogens (primary N) is 1. The van der Waals surface area contributed by atoms with Gasteiger partial charge in [0, 0.05) is 16.7 Å². The second-order valence-electron chi connectivity index (χ2n) is 3.76. The van der Waals surface area contributed by atoms with Gasteiger partial charge in [0.25, 0.3) is 5.91 Å². The van der Waals surface area contributed by atoms with Gasteiger partial charge in [-0.15, -0.1) is 0 Å². The third-order valence-electron chi connectivity index (χ3n) is 2.47. The summed E-state index contributed by atoms with van der Waals surface area (Å²) in [5.41, 5.74) is 2.62. The van der Waals surface area contributed by atoms with E-state index in [-0.39, 0.29) is 21.4 Å². The Morgan fingerprint density at radius 2 is 2.10 bits per heavy atom. The van der Waals surface area contributed by atoms with Gasteiger partial charge in [-0.1, -0.05) is 0 Å². The lowest BCUT2D eigenvalue weighted by Crippen LogP contribution is -2.18. The maximum absolute atomic E-state index is 13.6. The molecule has 0 radical (unpaired) electrons. The number of nitrogen functional groups attached to an aromatic ring is 1. The molecule has 0 unspecified atom stereocenters.